The summed E-state index contributed by atoms with van der Waals surface area (Å²) in [5, 5.41) is 3.09. The average Bonchev–Trinajstić information content (AvgIpc) is 2.56. The van der Waals surface area contributed by atoms with Gasteiger partial charge in [-0.3, -0.25) is 4.79 Å². The molecule has 122 valence electrons. The van der Waals surface area contributed by atoms with Gasteiger partial charge in [-0.1, -0.05) is 49.4 Å². The van der Waals surface area contributed by atoms with E-state index in [1.54, 1.807) is 0 Å². The van der Waals surface area contributed by atoms with Crippen molar-refractivity contribution >= 4 is 5.91 Å². The largest absolute Gasteiger partial charge is 0.494 e. The Hall–Kier alpha value is -2.29. The van der Waals surface area contributed by atoms with Crippen molar-refractivity contribution in [2.24, 2.45) is 5.92 Å². The van der Waals surface area contributed by atoms with E-state index in [4.69, 9.17) is 4.74 Å². The van der Waals surface area contributed by atoms with Gasteiger partial charge in [-0.25, -0.2) is 0 Å². The van der Waals surface area contributed by atoms with Crippen molar-refractivity contribution < 1.29 is 9.53 Å². The monoisotopic (exact) mass is 311 g/mol. The summed E-state index contributed by atoms with van der Waals surface area (Å²) in [4.78, 5) is 12.4. The number of carbonyl (C=O) groups is 1. The summed E-state index contributed by atoms with van der Waals surface area (Å²) in [6.45, 7) is 6.59. The quantitative estimate of drug-likeness (QED) is 0.834. The van der Waals surface area contributed by atoms with Crippen LogP contribution in [0.5, 0.6) is 5.75 Å². The van der Waals surface area contributed by atoms with E-state index >= 15 is 0 Å². The fraction of sp³-hybridized carbons (Fsp3) is 0.350. The smallest absolute Gasteiger partial charge is 0.223 e. The van der Waals surface area contributed by atoms with Crippen LogP contribution in [0.4, 0.5) is 0 Å². The highest BCUT2D eigenvalue weighted by molar-refractivity contribution is 5.79. The Bertz CT molecular complexity index is 607. The fourth-order valence-corrected chi connectivity index (χ4v) is 2.52. The SMILES string of the molecule is CCOc1ccc(C(C)NC(=O)C(C)Cc2ccccc2)cc1. The van der Waals surface area contributed by atoms with E-state index in [-0.39, 0.29) is 17.9 Å². The van der Waals surface area contributed by atoms with Gasteiger partial charge in [-0.2, -0.15) is 0 Å². The van der Waals surface area contributed by atoms with Crippen molar-refractivity contribution in [3.63, 3.8) is 0 Å². The number of amides is 1. The maximum absolute atomic E-state index is 12.4. The second-order valence-corrected chi connectivity index (χ2v) is 5.82. The molecule has 0 saturated heterocycles. The zero-order valence-corrected chi connectivity index (χ0v) is 14.1. The van der Waals surface area contributed by atoms with Crippen LogP contribution in [0, 0.1) is 5.92 Å². The summed E-state index contributed by atoms with van der Waals surface area (Å²) in [6.07, 6.45) is 0.753. The van der Waals surface area contributed by atoms with Crippen LogP contribution in [0.25, 0.3) is 0 Å². The number of hydrogen-bond acceptors (Lipinski definition) is 2. The zero-order valence-electron chi connectivity index (χ0n) is 14.1. The van der Waals surface area contributed by atoms with Crippen molar-refractivity contribution in [1.29, 1.82) is 0 Å². The molecule has 0 aromatic heterocycles. The van der Waals surface area contributed by atoms with Gasteiger partial charge < -0.3 is 10.1 Å². The molecule has 0 aliphatic rings. The standard InChI is InChI=1S/C20H25NO2/c1-4-23-19-12-10-18(11-13-19)16(3)21-20(22)15(2)14-17-8-6-5-7-9-17/h5-13,15-16H,4,14H2,1-3H3,(H,21,22). The highest BCUT2D eigenvalue weighted by atomic mass is 16.5. The summed E-state index contributed by atoms with van der Waals surface area (Å²) in [6, 6.07) is 18.0. The molecule has 2 atom stereocenters. The molecule has 1 amide bonds. The lowest BCUT2D eigenvalue weighted by atomic mass is 9.99. The predicted octanol–water partition coefficient (Wildman–Crippen LogP) is 4.14. The Morgan fingerprint density at radius 2 is 1.70 bits per heavy atom. The van der Waals surface area contributed by atoms with Gasteiger partial charge >= 0.3 is 0 Å². The average molecular weight is 311 g/mol. The minimum Gasteiger partial charge on any atom is -0.494 e. The molecule has 3 nitrogen and oxygen atoms in total. The van der Waals surface area contributed by atoms with E-state index < -0.39 is 0 Å². The molecular formula is C20H25NO2. The molecule has 2 unspecified atom stereocenters. The molecule has 0 saturated carbocycles. The summed E-state index contributed by atoms with van der Waals surface area (Å²) in [5.41, 5.74) is 2.26. The molecule has 0 spiro atoms. The third-order valence-electron chi connectivity index (χ3n) is 3.88. The Balaban J connectivity index is 1.90. The van der Waals surface area contributed by atoms with Crippen molar-refractivity contribution in [3.8, 4) is 5.75 Å². The number of carbonyl (C=O) groups excluding carboxylic acids is 1. The molecule has 2 aromatic rings. The fourth-order valence-electron chi connectivity index (χ4n) is 2.52. The highest BCUT2D eigenvalue weighted by Gasteiger charge is 2.16. The molecule has 0 bridgehead atoms. The van der Waals surface area contributed by atoms with E-state index in [9.17, 15) is 4.79 Å². The lowest BCUT2D eigenvalue weighted by Crippen LogP contribution is -2.32. The van der Waals surface area contributed by atoms with E-state index in [1.807, 2.05) is 63.2 Å². The van der Waals surface area contributed by atoms with E-state index in [2.05, 4.69) is 17.4 Å². The zero-order chi connectivity index (χ0) is 16.7. The number of benzene rings is 2. The first-order chi connectivity index (χ1) is 11.1. The number of rotatable bonds is 7. The first-order valence-electron chi connectivity index (χ1n) is 8.17. The number of ether oxygens (including phenoxy) is 1. The molecule has 0 aliphatic carbocycles. The first kappa shape index (κ1) is 17.1. The van der Waals surface area contributed by atoms with Crippen molar-refractivity contribution in [2.75, 3.05) is 6.61 Å². The molecule has 2 rings (SSSR count). The van der Waals surface area contributed by atoms with Crippen molar-refractivity contribution in [3.05, 3.63) is 65.7 Å². The molecule has 0 fully saturated rings. The van der Waals surface area contributed by atoms with Gasteiger partial charge in [0.05, 0.1) is 12.6 Å². The molecule has 0 aliphatic heterocycles. The molecule has 0 heterocycles. The maximum atomic E-state index is 12.4. The van der Waals surface area contributed by atoms with Gasteiger partial charge in [0, 0.05) is 5.92 Å². The van der Waals surface area contributed by atoms with Crippen molar-refractivity contribution in [1.82, 2.24) is 5.32 Å². The minimum absolute atomic E-state index is 0.0172. The van der Waals surface area contributed by atoms with Crippen LogP contribution in [0.3, 0.4) is 0 Å². The van der Waals surface area contributed by atoms with Gasteiger partial charge in [0.15, 0.2) is 0 Å². The topological polar surface area (TPSA) is 38.3 Å². The van der Waals surface area contributed by atoms with Gasteiger partial charge in [-0.05, 0) is 43.5 Å². The Morgan fingerprint density at radius 3 is 2.30 bits per heavy atom. The summed E-state index contributed by atoms with van der Waals surface area (Å²) < 4.78 is 5.44. The second kappa shape index (κ2) is 8.37. The lowest BCUT2D eigenvalue weighted by Gasteiger charge is -2.18. The molecule has 0 radical (unpaired) electrons. The van der Waals surface area contributed by atoms with Gasteiger partial charge in [0.1, 0.15) is 5.75 Å². The van der Waals surface area contributed by atoms with Gasteiger partial charge in [0.25, 0.3) is 0 Å². The van der Waals surface area contributed by atoms with Crippen LogP contribution in [-0.2, 0) is 11.2 Å². The predicted molar refractivity (Wildman–Crippen MR) is 93.5 cm³/mol. The Morgan fingerprint density at radius 1 is 1.04 bits per heavy atom. The molecule has 2 aromatic carbocycles. The first-order valence-corrected chi connectivity index (χ1v) is 8.17. The lowest BCUT2D eigenvalue weighted by molar-refractivity contribution is -0.125. The molecule has 1 N–H and O–H groups in total. The van der Waals surface area contributed by atoms with E-state index in [0.717, 1.165) is 17.7 Å². The van der Waals surface area contributed by atoms with E-state index in [0.29, 0.717) is 6.61 Å². The second-order valence-electron chi connectivity index (χ2n) is 5.82. The minimum atomic E-state index is -0.0532. The number of hydrogen-bond donors (Lipinski definition) is 1. The summed E-state index contributed by atoms with van der Waals surface area (Å²) in [5.74, 6) is 0.880. The number of nitrogens with one attached hydrogen (secondary N) is 1. The van der Waals surface area contributed by atoms with Crippen LogP contribution in [0.2, 0.25) is 0 Å². The molecular weight excluding hydrogens is 286 g/mol. The maximum Gasteiger partial charge on any atom is 0.223 e. The Kier molecular flexibility index (Phi) is 6.21. The van der Waals surface area contributed by atoms with Gasteiger partial charge in [0.2, 0.25) is 5.91 Å². The van der Waals surface area contributed by atoms with Gasteiger partial charge in [-0.15, -0.1) is 0 Å². The summed E-state index contributed by atoms with van der Waals surface area (Å²) >= 11 is 0. The Labute approximate surface area is 138 Å². The van der Waals surface area contributed by atoms with Crippen LogP contribution in [0.1, 0.15) is 37.9 Å². The van der Waals surface area contributed by atoms with E-state index in [1.165, 1.54) is 5.56 Å². The highest BCUT2D eigenvalue weighted by Crippen LogP contribution is 2.18. The molecule has 3 heteroatoms. The third kappa shape index (κ3) is 5.13. The normalized spacial score (nSPS) is 13.2. The van der Waals surface area contributed by atoms with Crippen LogP contribution in [0.15, 0.2) is 54.6 Å². The van der Waals surface area contributed by atoms with Crippen LogP contribution >= 0.6 is 0 Å². The third-order valence-corrected chi connectivity index (χ3v) is 3.88. The summed E-state index contributed by atoms with van der Waals surface area (Å²) in [7, 11) is 0. The van der Waals surface area contributed by atoms with Crippen LogP contribution < -0.4 is 10.1 Å². The molecule has 23 heavy (non-hydrogen) atoms. The van der Waals surface area contributed by atoms with Crippen molar-refractivity contribution in [2.45, 2.75) is 33.2 Å². The van der Waals surface area contributed by atoms with Crippen LogP contribution in [-0.4, -0.2) is 12.5 Å².